The fraction of sp³-hybridized carbons (Fsp3) is 0.600. The van der Waals surface area contributed by atoms with Crippen LogP contribution in [-0.4, -0.2) is 35.8 Å². The van der Waals surface area contributed by atoms with Gasteiger partial charge < -0.3 is 10.2 Å². The molecule has 1 aromatic rings. The minimum Gasteiger partial charge on any atom is -0.353 e. The molecule has 1 aromatic carbocycles. The number of halogens is 2. The third-order valence-corrected chi connectivity index (χ3v) is 6.23. The van der Waals surface area contributed by atoms with Crippen LogP contribution in [0.25, 0.3) is 0 Å². The second-order valence-corrected chi connectivity index (χ2v) is 8.19. The van der Waals surface area contributed by atoms with Crippen molar-refractivity contribution in [1.29, 1.82) is 0 Å². The van der Waals surface area contributed by atoms with Gasteiger partial charge in [0.1, 0.15) is 0 Å². The lowest BCUT2D eigenvalue weighted by atomic mass is 9.87. The van der Waals surface area contributed by atoms with E-state index in [1.54, 1.807) is 18.2 Å². The van der Waals surface area contributed by atoms with Gasteiger partial charge in [-0.2, -0.15) is 0 Å². The summed E-state index contributed by atoms with van der Waals surface area (Å²) in [6.07, 6.45) is 7.47. The minimum absolute atomic E-state index is 0.0722. The zero-order valence-electron chi connectivity index (χ0n) is 15.0. The molecule has 4 nitrogen and oxygen atoms in total. The van der Waals surface area contributed by atoms with Crippen molar-refractivity contribution >= 4 is 35.0 Å². The Morgan fingerprint density at radius 1 is 1.00 bits per heavy atom. The van der Waals surface area contributed by atoms with E-state index in [0.717, 1.165) is 38.8 Å². The Hall–Kier alpha value is -1.26. The molecule has 1 saturated heterocycles. The van der Waals surface area contributed by atoms with Crippen molar-refractivity contribution in [2.24, 2.45) is 5.92 Å². The van der Waals surface area contributed by atoms with E-state index in [4.69, 9.17) is 23.2 Å². The van der Waals surface area contributed by atoms with Crippen LogP contribution in [0.15, 0.2) is 18.2 Å². The summed E-state index contributed by atoms with van der Waals surface area (Å²) in [6, 6.07) is 5.36. The average Bonchev–Trinajstić information content (AvgIpc) is 2.66. The van der Waals surface area contributed by atoms with E-state index in [2.05, 4.69) is 5.32 Å². The highest BCUT2D eigenvalue weighted by molar-refractivity contribution is 6.36. The van der Waals surface area contributed by atoms with Gasteiger partial charge in [0.15, 0.2) is 0 Å². The smallest absolute Gasteiger partial charge is 0.225 e. The number of nitrogens with one attached hydrogen (secondary N) is 1. The number of hydrogen-bond donors (Lipinski definition) is 1. The molecule has 1 saturated carbocycles. The SMILES string of the molecule is O=C(Cc1c(Cl)cccc1Cl)NC1CCN(C(=O)C2CCCCC2)CC1. The molecule has 142 valence electrons. The first-order valence-corrected chi connectivity index (χ1v) is 10.3. The number of likely N-dealkylation sites (tertiary alicyclic amines) is 1. The van der Waals surface area contributed by atoms with E-state index in [0.29, 0.717) is 21.5 Å². The van der Waals surface area contributed by atoms with E-state index >= 15 is 0 Å². The molecule has 6 heteroatoms. The predicted molar refractivity (Wildman–Crippen MR) is 104 cm³/mol. The Kier molecular flexibility index (Phi) is 6.82. The summed E-state index contributed by atoms with van der Waals surface area (Å²) in [5, 5.41) is 4.10. The van der Waals surface area contributed by atoms with Crippen LogP contribution < -0.4 is 5.32 Å². The maximum absolute atomic E-state index is 12.6. The van der Waals surface area contributed by atoms with E-state index in [9.17, 15) is 9.59 Å². The summed E-state index contributed by atoms with van der Waals surface area (Å²) >= 11 is 12.3. The molecular formula is C20H26Cl2N2O2. The van der Waals surface area contributed by atoms with E-state index in [-0.39, 0.29) is 24.3 Å². The first kappa shape index (κ1) is 19.5. The van der Waals surface area contributed by atoms with E-state index in [1.165, 1.54) is 19.3 Å². The Balaban J connectivity index is 1.46. The highest BCUT2D eigenvalue weighted by Crippen LogP contribution is 2.27. The Bertz CT molecular complexity index is 631. The number of carbonyl (C=O) groups is 2. The lowest BCUT2D eigenvalue weighted by molar-refractivity contribution is -0.137. The molecule has 0 spiro atoms. The zero-order valence-corrected chi connectivity index (χ0v) is 16.5. The minimum atomic E-state index is -0.0722. The molecule has 2 amide bonds. The number of benzene rings is 1. The first-order chi connectivity index (χ1) is 12.5. The van der Waals surface area contributed by atoms with Crippen LogP contribution in [0.4, 0.5) is 0 Å². The average molecular weight is 397 g/mol. The number of hydrogen-bond acceptors (Lipinski definition) is 2. The van der Waals surface area contributed by atoms with Crippen LogP contribution in [0.1, 0.15) is 50.5 Å². The highest BCUT2D eigenvalue weighted by Gasteiger charge is 2.29. The second kappa shape index (κ2) is 9.09. The Morgan fingerprint density at radius 3 is 2.23 bits per heavy atom. The number of nitrogens with zero attached hydrogens (tertiary/aromatic N) is 1. The third-order valence-electron chi connectivity index (χ3n) is 5.53. The Labute approximate surface area is 165 Å². The van der Waals surface area contributed by atoms with Crippen LogP contribution in [0.3, 0.4) is 0 Å². The number of carbonyl (C=O) groups excluding carboxylic acids is 2. The summed E-state index contributed by atoms with van der Waals surface area (Å²) in [5.74, 6) is 0.464. The number of piperidine rings is 1. The van der Waals surface area contributed by atoms with Gasteiger partial charge in [0, 0.05) is 35.1 Å². The van der Waals surface area contributed by atoms with Crippen molar-refractivity contribution in [1.82, 2.24) is 10.2 Å². The third kappa shape index (κ3) is 4.92. The highest BCUT2D eigenvalue weighted by atomic mass is 35.5. The van der Waals surface area contributed by atoms with Crippen molar-refractivity contribution in [3.63, 3.8) is 0 Å². The van der Waals surface area contributed by atoms with Gasteiger partial charge in [0.05, 0.1) is 6.42 Å². The summed E-state index contributed by atoms with van der Waals surface area (Å²) in [4.78, 5) is 26.9. The first-order valence-electron chi connectivity index (χ1n) is 9.55. The fourth-order valence-corrected chi connectivity index (χ4v) is 4.52. The molecule has 0 aromatic heterocycles. The molecule has 0 bridgehead atoms. The van der Waals surface area contributed by atoms with Gasteiger partial charge in [-0.15, -0.1) is 0 Å². The molecule has 0 unspecified atom stereocenters. The zero-order chi connectivity index (χ0) is 18.5. The molecule has 0 radical (unpaired) electrons. The van der Waals surface area contributed by atoms with Crippen molar-refractivity contribution in [3.8, 4) is 0 Å². The van der Waals surface area contributed by atoms with Gasteiger partial charge >= 0.3 is 0 Å². The maximum atomic E-state index is 12.6. The molecule has 1 N–H and O–H groups in total. The lowest BCUT2D eigenvalue weighted by Crippen LogP contribution is -2.48. The van der Waals surface area contributed by atoms with Gasteiger partial charge in [-0.1, -0.05) is 48.5 Å². The van der Waals surface area contributed by atoms with Crippen LogP contribution in [0, 0.1) is 5.92 Å². The van der Waals surface area contributed by atoms with Gasteiger partial charge in [0.25, 0.3) is 0 Å². The molecule has 1 aliphatic heterocycles. The van der Waals surface area contributed by atoms with Crippen molar-refractivity contribution < 1.29 is 9.59 Å². The van der Waals surface area contributed by atoms with Crippen molar-refractivity contribution in [2.75, 3.05) is 13.1 Å². The molecule has 2 fully saturated rings. The molecular weight excluding hydrogens is 371 g/mol. The summed E-state index contributed by atoms with van der Waals surface area (Å²) in [6.45, 7) is 1.46. The Morgan fingerprint density at radius 2 is 1.62 bits per heavy atom. The normalized spacial score (nSPS) is 19.4. The molecule has 3 rings (SSSR count). The van der Waals surface area contributed by atoms with Crippen molar-refractivity contribution in [3.05, 3.63) is 33.8 Å². The second-order valence-electron chi connectivity index (χ2n) is 7.38. The van der Waals surface area contributed by atoms with Gasteiger partial charge in [-0.25, -0.2) is 0 Å². The van der Waals surface area contributed by atoms with Gasteiger partial charge in [-0.3, -0.25) is 9.59 Å². The largest absolute Gasteiger partial charge is 0.353 e. The summed E-state index contributed by atoms with van der Waals surface area (Å²) in [5.41, 5.74) is 0.665. The van der Waals surface area contributed by atoms with Crippen LogP contribution >= 0.6 is 23.2 Å². The van der Waals surface area contributed by atoms with Gasteiger partial charge in [0.2, 0.25) is 11.8 Å². The van der Waals surface area contributed by atoms with E-state index < -0.39 is 0 Å². The van der Waals surface area contributed by atoms with Crippen LogP contribution in [-0.2, 0) is 16.0 Å². The van der Waals surface area contributed by atoms with E-state index in [1.807, 2.05) is 4.90 Å². The van der Waals surface area contributed by atoms with Crippen LogP contribution in [0.2, 0.25) is 10.0 Å². The molecule has 1 aliphatic carbocycles. The van der Waals surface area contributed by atoms with Crippen molar-refractivity contribution in [2.45, 2.75) is 57.4 Å². The predicted octanol–water partition coefficient (Wildman–Crippen LogP) is 4.22. The number of amides is 2. The maximum Gasteiger partial charge on any atom is 0.225 e. The summed E-state index contributed by atoms with van der Waals surface area (Å²) < 4.78 is 0. The quantitative estimate of drug-likeness (QED) is 0.827. The monoisotopic (exact) mass is 396 g/mol. The molecule has 1 heterocycles. The molecule has 26 heavy (non-hydrogen) atoms. The molecule has 2 aliphatic rings. The fourth-order valence-electron chi connectivity index (χ4n) is 3.99. The summed E-state index contributed by atoms with van der Waals surface area (Å²) in [7, 11) is 0. The molecule has 0 atom stereocenters. The number of rotatable bonds is 4. The van der Waals surface area contributed by atoms with Gasteiger partial charge in [-0.05, 0) is 43.4 Å². The standard InChI is InChI=1S/C20H26Cl2N2O2/c21-17-7-4-8-18(22)16(17)13-19(25)23-15-9-11-24(12-10-15)20(26)14-5-2-1-3-6-14/h4,7-8,14-15H,1-3,5-6,9-13H2,(H,23,25). The lowest BCUT2D eigenvalue weighted by Gasteiger charge is -2.35. The van der Waals surface area contributed by atoms with Crippen LogP contribution in [0.5, 0.6) is 0 Å². The topological polar surface area (TPSA) is 49.4 Å².